The van der Waals surface area contributed by atoms with E-state index in [1.807, 2.05) is 24.3 Å². The van der Waals surface area contributed by atoms with Gasteiger partial charge in [-0.15, -0.1) is 0 Å². The van der Waals surface area contributed by atoms with E-state index in [0.717, 1.165) is 29.4 Å². The molecule has 4 nitrogen and oxygen atoms in total. The minimum Gasteiger partial charge on any atom is -0.373 e. The summed E-state index contributed by atoms with van der Waals surface area (Å²) in [6, 6.07) is 8.22. The predicted octanol–water partition coefficient (Wildman–Crippen LogP) is 2.32. The monoisotopic (exact) mass is 293 g/mol. The number of ether oxygens (including phenoxy) is 1. The molecule has 0 aliphatic carbocycles. The Balaban J connectivity index is 1.54. The number of fused-ring (bicyclic) bond motifs is 2. The molecule has 3 rings (SSSR count). The van der Waals surface area contributed by atoms with E-state index in [1.165, 1.54) is 6.42 Å². The number of hydrogen-bond acceptors (Lipinski definition) is 2. The number of aliphatic imine (C=N–C) groups is 1. The summed E-state index contributed by atoms with van der Waals surface area (Å²) in [6.45, 7) is 0.668. The lowest BCUT2D eigenvalue weighted by atomic mass is 9.96. The number of nitrogens with one attached hydrogen (secondary N) is 2. The molecule has 0 radical (unpaired) electrons. The molecule has 1 aromatic carbocycles. The van der Waals surface area contributed by atoms with Crippen molar-refractivity contribution >= 4 is 17.6 Å². The maximum absolute atomic E-state index is 6.15. The van der Waals surface area contributed by atoms with E-state index in [1.54, 1.807) is 7.05 Å². The topological polar surface area (TPSA) is 45.7 Å². The van der Waals surface area contributed by atoms with E-state index in [0.29, 0.717) is 24.8 Å². The number of hydrogen-bond donors (Lipinski definition) is 2. The van der Waals surface area contributed by atoms with Crippen LogP contribution >= 0.6 is 11.6 Å². The van der Waals surface area contributed by atoms with Crippen LogP contribution in [-0.2, 0) is 11.3 Å². The maximum Gasteiger partial charge on any atom is 0.191 e. The molecule has 2 bridgehead atoms. The minimum atomic E-state index is 0.346. The Hall–Kier alpha value is -1.26. The third-order valence-electron chi connectivity index (χ3n) is 4.06. The van der Waals surface area contributed by atoms with Crippen molar-refractivity contribution in [1.29, 1.82) is 0 Å². The lowest BCUT2D eigenvalue weighted by Crippen LogP contribution is -2.47. The van der Waals surface area contributed by atoms with E-state index in [-0.39, 0.29) is 0 Å². The van der Waals surface area contributed by atoms with Gasteiger partial charge in [-0.05, 0) is 30.9 Å². The summed E-state index contributed by atoms with van der Waals surface area (Å²) in [6.07, 6.45) is 4.23. The van der Waals surface area contributed by atoms with Crippen LogP contribution in [0.3, 0.4) is 0 Å². The van der Waals surface area contributed by atoms with E-state index >= 15 is 0 Å². The van der Waals surface area contributed by atoms with Crippen LogP contribution in [0, 0.1) is 0 Å². The molecule has 2 N–H and O–H groups in total. The number of benzene rings is 1. The first-order valence-electron chi connectivity index (χ1n) is 7.12. The van der Waals surface area contributed by atoms with Gasteiger partial charge in [-0.2, -0.15) is 0 Å². The van der Waals surface area contributed by atoms with Crippen molar-refractivity contribution in [1.82, 2.24) is 10.6 Å². The quantitative estimate of drug-likeness (QED) is 0.664. The Labute approximate surface area is 124 Å². The van der Waals surface area contributed by atoms with Crippen molar-refractivity contribution in [2.45, 2.75) is 44.1 Å². The number of rotatable bonds is 3. The van der Waals surface area contributed by atoms with Gasteiger partial charge in [0.1, 0.15) is 0 Å². The molecule has 1 aromatic rings. The second-order valence-electron chi connectivity index (χ2n) is 5.38. The summed E-state index contributed by atoms with van der Waals surface area (Å²) >= 11 is 6.15. The second kappa shape index (κ2) is 6.02. The molecule has 5 heteroatoms. The van der Waals surface area contributed by atoms with Gasteiger partial charge in [-0.1, -0.05) is 29.8 Å². The standard InChI is InChI=1S/C15H20ClN3O/c1-17-15(18-9-10-4-2-3-5-12(10)16)19-13-8-11-6-7-14(13)20-11/h2-5,11,13-14H,6-9H2,1H3,(H2,17,18,19). The fourth-order valence-electron chi connectivity index (χ4n) is 2.98. The molecule has 20 heavy (non-hydrogen) atoms. The van der Waals surface area contributed by atoms with Crippen LogP contribution in [0.4, 0.5) is 0 Å². The predicted molar refractivity (Wildman–Crippen MR) is 81.1 cm³/mol. The van der Waals surface area contributed by atoms with Gasteiger partial charge >= 0.3 is 0 Å². The van der Waals surface area contributed by atoms with Gasteiger partial charge < -0.3 is 15.4 Å². The third-order valence-corrected chi connectivity index (χ3v) is 4.42. The van der Waals surface area contributed by atoms with E-state index < -0.39 is 0 Å². The Kier molecular flexibility index (Phi) is 4.13. The van der Waals surface area contributed by atoms with Gasteiger partial charge in [0, 0.05) is 18.6 Å². The summed E-state index contributed by atoms with van der Waals surface area (Å²) in [5, 5.41) is 7.55. The minimum absolute atomic E-state index is 0.346. The average Bonchev–Trinajstić information content (AvgIpc) is 3.07. The maximum atomic E-state index is 6.15. The first-order valence-corrected chi connectivity index (χ1v) is 7.50. The first-order chi connectivity index (χ1) is 9.76. The fourth-order valence-corrected chi connectivity index (χ4v) is 3.18. The van der Waals surface area contributed by atoms with Gasteiger partial charge in [0.15, 0.2) is 5.96 Å². The zero-order chi connectivity index (χ0) is 13.9. The molecule has 2 aliphatic rings. The Morgan fingerprint density at radius 1 is 1.40 bits per heavy atom. The molecule has 0 spiro atoms. The fraction of sp³-hybridized carbons (Fsp3) is 0.533. The summed E-state index contributed by atoms with van der Waals surface area (Å²) in [4.78, 5) is 4.28. The highest BCUT2D eigenvalue weighted by Gasteiger charge is 2.41. The van der Waals surface area contributed by atoms with E-state index in [4.69, 9.17) is 16.3 Å². The Morgan fingerprint density at radius 3 is 2.90 bits per heavy atom. The normalized spacial score (nSPS) is 28.7. The number of guanidine groups is 1. The molecule has 2 fully saturated rings. The van der Waals surface area contributed by atoms with Crippen molar-refractivity contribution in [3.63, 3.8) is 0 Å². The van der Waals surface area contributed by atoms with E-state index in [9.17, 15) is 0 Å². The van der Waals surface area contributed by atoms with Gasteiger partial charge in [0.2, 0.25) is 0 Å². The van der Waals surface area contributed by atoms with Gasteiger partial charge in [-0.25, -0.2) is 0 Å². The summed E-state index contributed by atoms with van der Waals surface area (Å²) < 4.78 is 5.85. The van der Waals surface area contributed by atoms with Crippen LogP contribution in [0.2, 0.25) is 5.02 Å². The molecule has 0 saturated carbocycles. The van der Waals surface area contributed by atoms with Crippen LogP contribution in [0.1, 0.15) is 24.8 Å². The van der Waals surface area contributed by atoms with Crippen LogP contribution < -0.4 is 10.6 Å². The highest BCUT2D eigenvalue weighted by molar-refractivity contribution is 6.31. The highest BCUT2D eigenvalue weighted by Crippen LogP contribution is 2.34. The lowest BCUT2D eigenvalue weighted by Gasteiger charge is -2.22. The van der Waals surface area contributed by atoms with Gasteiger partial charge in [0.25, 0.3) is 0 Å². The van der Waals surface area contributed by atoms with Crippen molar-refractivity contribution in [3.8, 4) is 0 Å². The molecule has 0 aromatic heterocycles. The van der Waals surface area contributed by atoms with Crippen molar-refractivity contribution in [2.75, 3.05) is 7.05 Å². The summed E-state index contributed by atoms with van der Waals surface area (Å²) in [5.41, 5.74) is 1.07. The molecule has 108 valence electrons. The van der Waals surface area contributed by atoms with Crippen molar-refractivity contribution < 1.29 is 4.74 Å². The number of nitrogens with zero attached hydrogens (tertiary/aromatic N) is 1. The van der Waals surface area contributed by atoms with Crippen molar-refractivity contribution in [3.05, 3.63) is 34.9 Å². The molecule has 0 amide bonds. The molecule has 3 unspecified atom stereocenters. The molecule has 2 aliphatic heterocycles. The Morgan fingerprint density at radius 2 is 2.25 bits per heavy atom. The van der Waals surface area contributed by atoms with E-state index in [2.05, 4.69) is 15.6 Å². The zero-order valence-corrected chi connectivity index (χ0v) is 12.4. The second-order valence-corrected chi connectivity index (χ2v) is 5.78. The first kappa shape index (κ1) is 13.7. The van der Waals surface area contributed by atoms with Crippen LogP contribution in [-0.4, -0.2) is 31.3 Å². The SMILES string of the molecule is CN=C(NCc1ccccc1Cl)NC1CC2CCC1O2. The van der Waals surface area contributed by atoms with Crippen molar-refractivity contribution in [2.24, 2.45) is 4.99 Å². The summed E-state index contributed by atoms with van der Waals surface area (Å²) in [5.74, 6) is 0.811. The van der Waals surface area contributed by atoms with Crippen LogP contribution in [0.5, 0.6) is 0 Å². The Bertz CT molecular complexity index is 506. The molecule has 2 saturated heterocycles. The molecular formula is C15H20ClN3O. The average molecular weight is 294 g/mol. The molecular weight excluding hydrogens is 274 g/mol. The van der Waals surface area contributed by atoms with Gasteiger partial charge in [-0.3, -0.25) is 4.99 Å². The molecule has 3 atom stereocenters. The van der Waals surface area contributed by atoms with Crippen LogP contribution in [0.15, 0.2) is 29.3 Å². The third kappa shape index (κ3) is 2.91. The smallest absolute Gasteiger partial charge is 0.191 e. The van der Waals surface area contributed by atoms with Crippen LogP contribution in [0.25, 0.3) is 0 Å². The number of halogens is 1. The molecule has 2 heterocycles. The zero-order valence-electron chi connectivity index (χ0n) is 11.6. The largest absolute Gasteiger partial charge is 0.373 e. The summed E-state index contributed by atoms with van der Waals surface area (Å²) in [7, 11) is 1.79. The van der Waals surface area contributed by atoms with Gasteiger partial charge in [0.05, 0.1) is 18.2 Å². The lowest BCUT2D eigenvalue weighted by molar-refractivity contribution is 0.0992. The highest BCUT2D eigenvalue weighted by atomic mass is 35.5.